The summed E-state index contributed by atoms with van der Waals surface area (Å²) in [5.74, 6) is 0.184. The second-order valence-electron chi connectivity index (χ2n) is 4.40. The van der Waals surface area contributed by atoms with Crippen molar-refractivity contribution in [2.75, 3.05) is 6.61 Å². The lowest BCUT2D eigenvalue weighted by molar-refractivity contribution is -0.384. The van der Waals surface area contributed by atoms with Crippen LogP contribution in [0.5, 0.6) is 5.75 Å². The molecule has 0 radical (unpaired) electrons. The highest BCUT2D eigenvalue weighted by Gasteiger charge is 2.11. The molecule has 2 rings (SSSR count). The molecule has 0 spiro atoms. The van der Waals surface area contributed by atoms with Gasteiger partial charge >= 0.3 is 0 Å². The van der Waals surface area contributed by atoms with Gasteiger partial charge in [-0.1, -0.05) is 0 Å². The fourth-order valence-electron chi connectivity index (χ4n) is 1.52. The second-order valence-corrected chi connectivity index (χ2v) is 6.56. The Labute approximate surface area is 149 Å². The lowest BCUT2D eigenvalue weighted by atomic mass is 10.3. The van der Waals surface area contributed by atoms with E-state index in [1.165, 1.54) is 22.8 Å². The van der Waals surface area contributed by atoms with E-state index in [9.17, 15) is 14.9 Å². The van der Waals surface area contributed by atoms with E-state index >= 15 is 0 Å². The molecule has 9 heteroatoms. The summed E-state index contributed by atoms with van der Waals surface area (Å²) >= 11 is 3.37. The van der Waals surface area contributed by atoms with Gasteiger partial charge in [-0.3, -0.25) is 14.9 Å². The first-order valence-corrected chi connectivity index (χ1v) is 8.36. The molecule has 1 aromatic heterocycles. The Morgan fingerprint density at radius 1 is 1.43 bits per heavy atom. The maximum atomic E-state index is 11.7. The third-order valence-corrected chi connectivity index (χ3v) is 4.43. The van der Waals surface area contributed by atoms with E-state index in [1.807, 2.05) is 12.1 Å². The van der Waals surface area contributed by atoms with Gasteiger partial charge in [0.2, 0.25) is 0 Å². The number of hydrogen-bond donors (Lipinski definition) is 1. The van der Waals surface area contributed by atoms with Crippen LogP contribution < -0.4 is 10.2 Å². The van der Waals surface area contributed by atoms with Crippen molar-refractivity contribution in [1.29, 1.82) is 0 Å². The van der Waals surface area contributed by atoms with Gasteiger partial charge in [-0.2, -0.15) is 5.10 Å². The average Bonchev–Trinajstić information content (AvgIpc) is 3.02. The first kappa shape index (κ1) is 17.3. The summed E-state index contributed by atoms with van der Waals surface area (Å²) in [6.45, 7) is 1.50. The van der Waals surface area contributed by atoms with Crippen LogP contribution in [0.1, 0.15) is 11.8 Å². The van der Waals surface area contributed by atoms with Gasteiger partial charge in [-0.15, -0.1) is 11.3 Å². The number of nitrogens with one attached hydrogen (secondary N) is 1. The van der Waals surface area contributed by atoms with Crippen LogP contribution in [0.3, 0.4) is 0 Å². The van der Waals surface area contributed by atoms with Crippen LogP contribution in [-0.4, -0.2) is 23.1 Å². The Morgan fingerprint density at radius 2 is 2.13 bits per heavy atom. The van der Waals surface area contributed by atoms with Gasteiger partial charge in [-0.25, -0.2) is 5.43 Å². The van der Waals surface area contributed by atoms with Crippen LogP contribution in [-0.2, 0) is 4.79 Å². The van der Waals surface area contributed by atoms with E-state index in [1.54, 1.807) is 19.1 Å². The van der Waals surface area contributed by atoms with Gasteiger partial charge in [-0.05, 0) is 53.8 Å². The summed E-state index contributed by atoms with van der Waals surface area (Å²) < 4.78 is 6.40. The normalized spacial score (nSPS) is 11.1. The number of ether oxygens (including phenoxy) is 1. The molecule has 0 bridgehead atoms. The molecule has 2 aromatic rings. The lowest BCUT2D eigenvalue weighted by Gasteiger charge is -2.05. The predicted octanol–water partition coefficient (Wildman–Crippen LogP) is 3.18. The minimum absolute atomic E-state index is 0.00733. The van der Waals surface area contributed by atoms with Crippen LogP contribution in [0, 0.1) is 13.7 Å². The summed E-state index contributed by atoms with van der Waals surface area (Å²) in [5.41, 5.74) is 2.86. The Hall–Kier alpha value is -2.01. The largest absolute Gasteiger partial charge is 0.484 e. The van der Waals surface area contributed by atoms with Crippen LogP contribution in [0.2, 0.25) is 0 Å². The maximum absolute atomic E-state index is 11.7. The van der Waals surface area contributed by atoms with Crippen molar-refractivity contribution in [2.24, 2.45) is 5.10 Å². The van der Waals surface area contributed by atoms with Crippen LogP contribution in [0.4, 0.5) is 5.69 Å². The number of nitro groups is 1. The molecule has 120 valence electrons. The van der Waals surface area contributed by atoms with Crippen LogP contribution in [0.25, 0.3) is 0 Å². The molecule has 0 atom stereocenters. The van der Waals surface area contributed by atoms with E-state index in [-0.39, 0.29) is 12.3 Å². The van der Waals surface area contributed by atoms with Crippen molar-refractivity contribution in [3.8, 4) is 5.75 Å². The molecule has 0 saturated carbocycles. The Morgan fingerprint density at radius 3 is 2.74 bits per heavy atom. The van der Waals surface area contributed by atoms with Gasteiger partial charge in [0, 0.05) is 9.64 Å². The molecule has 1 N–H and O–H groups in total. The van der Waals surface area contributed by atoms with Crippen molar-refractivity contribution in [3.63, 3.8) is 0 Å². The fraction of sp³-hybridized carbons (Fsp3) is 0.143. The van der Waals surface area contributed by atoms with E-state index in [0.717, 1.165) is 3.57 Å². The minimum Gasteiger partial charge on any atom is -0.484 e. The zero-order chi connectivity index (χ0) is 16.8. The van der Waals surface area contributed by atoms with Crippen LogP contribution >= 0.6 is 33.9 Å². The minimum atomic E-state index is -0.471. The quantitative estimate of drug-likeness (QED) is 0.320. The molecule has 23 heavy (non-hydrogen) atoms. The van der Waals surface area contributed by atoms with Crippen molar-refractivity contribution >= 4 is 51.2 Å². The zero-order valence-electron chi connectivity index (χ0n) is 12.0. The highest BCUT2D eigenvalue weighted by atomic mass is 127. The molecule has 1 amide bonds. The first-order chi connectivity index (χ1) is 11.0. The molecule has 1 aromatic carbocycles. The number of nitrogens with zero attached hydrogens (tertiary/aromatic N) is 2. The van der Waals surface area contributed by atoms with Gasteiger partial charge in [0.05, 0.1) is 20.9 Å². The van der Waals surface area contributed by atoms with Gasteiger partial charge in [0.1, 0.15) is 5.75 Å². The Bertz CT molecular complexity index is 743. The van der Waals surface area contributed by atoms with Gasteiger partial charge in [0.25, 0.3) is 11.6 Å². The number of benzene rings is 1. The van der Waals surface area contributed by atoms with Crippen molar-refractivity contribution in [2.45, 2.75) is 6.92 Å². The molecular formula is C14H12IN3O4S. The Balaban J connectivity index is 1.86. The third-order valence-electron chi connectivity index (χ3n) is 2.68. The number of hydrazone groups is 1. The van der Waals surface area contributed by atoms with Crippen molar-refractivity contribution < 1.29 is 14.5 Å². The number of halogens is 1. The molecule has 0 aliphatic carbocycles. The molecule has 0 aliphatic heterocycles. The number of thiophene rings is 1. The number of rotatable bonds is 6. The number of hydrogen-bond acceptors (Lipinski definition) is 6. The summed E-state index contributed by atoms with van der Waals surface area (Å²) in [5, 5.41) is 16.0. The summed E-state index contributed by atoms with van der Waals surface area (Å²) in [6.07, 6.45) is 0. The topological polar surface area (TPSA) is 93.8 Å². The van der Waals surface area contributed by atoms with Gasteiger partial charge in [0.15, 0.2) is 6.61 Å². The van der Waals surface area contributed by atoms with Gasteiger partial charge < -0.3 is 4.74 Å². The SMILES string of the molecule is CC(=NNC(=O)COc1ccc(I)cc1)c1cc([N+](=O)[O-])cs1. The molecule has 0 aliphatic rings. The fourth-order valence-corrected chi connectivity index (χ4v) is 2.69. The maximum Gasteiger partial charge on any atom is 0.280 e. The second kappa shape index (κ2) is 8.02. The van der Waals surface area contributed by atoms with Crippen molar-refractivity contribution in [1.82, 2.24) is 5.43 Å². The number of amides is 1. The highest BCUT2D eigenvalue weighted by molar-refractivity contribution is 14.1. The monoisotopic (exact) mass is 445 g/mol. The van der Waals surface area contributed by atoms with Crippen molar-refractivity contribution in [3.05, 3.63) is 54.3 Å². The molecule has 7 nitrogen and oxygen atoms in total. The molecule has 0 saturated heterocycles. The predicted molar refractivity (Wildman–Crippen MR) is 96.0 cm³/mol. The van der Waals surface area contributed by atoms with Crippen LogP contribution in [0.15, 0.2) is 40.8 Å². The van der Waals surface area contributed by atoms with E-state index in [0.29, 0.717) is 16.3 Å². The highest BCUT2D eigenvalue weighted by Crippen LogP contribution is 2.21. The molecule has 0 unspecified atom stereocenters. The third kappa shape index (κ3) is 5.28. The first-order valence-electron chi connectivity index (χ1n) is 6.40. The molecule has 1 heterocycles. The zero-order valence-corrected chi connectivity index (χ0v) is 15.0. The number of carbonyl (C=O) groups is 1. The summed E-state index contributed by atoms with van der Waals surface area (Å²) in [4.78, 5) is 22.5. The average molecular weight is 445 g/mol. The van der Waals surface area contributed by atoms with E-state index < -0.39 is 10.8 Å². The smallest absolute Gasteiger partial charge is 0.280 e. The summed E-state index contributed by atoms with van der Waals surface area (Å²) in [6, 6.07) is 8.71. The standard InChI is InChI=1S/C14H12IN3O4S/c1-9(13-6-11(8-23-13)18(20)21)16-17-14(19)7-22-12-4-2-10(15)3-5-12/h2-6,8H,7H2,1H3,(H,17,19). The Kier molecular flexibility index (Phi) is 6.04. The molecule has 0 fully saturated rings. The van der Waals surface area contributed by atoms with E-state index in [2.05, 4.69) is 33.1 Å². The summed E-state index contributed by atoms with van der Waals surface area (Å²) in [7, 11) is 0. The lowest BCUT2D eigenvalue weighted by Crippen LogP contribution is -2.25. The van der Waals surface area contributed by atoms with E-state index in [4.69, 9.17) is 4.74 Å². The number of carbonyl (C=O) groups excluding carboxylic acids is 1. The molecular weight excluding hydrogens is 433 g/mol.